The second-order valence-corrected chi connectivity index (χ2v) is 2.90. The van der Waals surface area contributed by atoms with Crippen molar-refractivity contribution >= 4 is 16.8 Å². The molecule has 0 radical (unpaired) electrons. The summed E-state index contributed by atoms with van der Waals surface area (Å²) in [7, 11) is 0. The molecule has 0 saturated carbocycles. The molecule has 1 aromatic carbocycles. The van der Waals surface area contributed by atoms with Crippen LogP contribution in [-0.2, 0) is 0 Å². The van der Waals surface area contributed by atoms with Crippen LogP contribution in [0, 0.1) is 5.82 Å². The Morgan fingerprint density at radius 2 is 2.21 bits per heavy atom. The predicted molar refractivity (Wildman–Crippen MR) is 50.2 cm³/mol. The highest BCUT2D eigenvalue weighted by Gasteiger charge is 2.07. The maximum Gasteiger partial charge on any atom is 0.250 e. The molecule has 4 heteroatoms. The third-order valence-electron chi connectivity index (χ3n) is 1.94. The zero-order chi connectivity index (χ0) is 10.1. The summed E-state index contributed by atoms with van der Waals surface area (Å²) >= 11 is 0. The van der Waals surface area contributed by atoms with Crippen molar-refractivity contribution < 1.29 is 9.18 Å². The fourth-order valence-corrected chi connectivity index (χ4v) is 1.33. The summed E-state index contributed by atoms with van der Waals surface area (Å²) in [5.41, 5.74) is 5.88. The number of pyridine rings is 1. The molecular formula is C10H7FN2O. The standard InChI is InChI=1S/C10H7FN2O/c11-7-4-6-2-1-3-8(10(12)14)9(6)13-5-7/h1-5H,(H2,12,14). The summed E-state index contributed by atoms with van der Waals surface area (Å²) in [5, 5.41) is 0.571. The van der Waals surface area contributed by atoms with E-state index < -0.39 is 11.7 Å². The molecule has 0 aliphatic carbocycles. The molecule has 70 valence electrons. The molecule has 2 aromatic rings. The lowest BCUT2D eigenvalue weighted by atomic mass is 10.1. The monoisotopic (exact) mass is 190 g/mol. The number of amides is 1. The summed E-state index contributed by atoms with van der Waals surface area (Å²) in [4.78, 5) is 14.8. The molecule has 0 spiro atoms. The minimum atomic E-state index is -0.560. The number of nitrogens with two attached hydrogens (primary N) is 1. The average Bonchev–Trinajstić information content (AvgIpc) is 2.16. The van der Waals surface area contributed by atoms with Crippen LogP contribution in [0.3, 0.4) is 0 Å². The Kier molecular flexibility index (Phi) is 1.89. The second-order valence-electron chi connectivity index (χ2n) is 2.90. The van der Waals surface area contributed by atoms with Crippen LogP contribution in [0.1, 0.15) is 10.4 Å². The van der Waals surface area contributed by atoms with Crippen molar-refractivity contribution in [3.8, 4) is 0 Å². The number of aromatic nitrogens is 1. The van der Waals surface area contributed by atoms with Crippen molar-refractivity contribution in [2.75, 3.05) is 0 Å². The molecule has 0 atom stereocenters. The summed E-state index contributed by atoms with van der Waals surface area (Å²) in [5.74, 6) is -0.992. The van der Waals surface area contributed by atoms with Crippen molar-refractivity contribution in [2.24, 2.45) is 5.73 Å². The highest BCUT2D eigenvalue weighted by molar-refractivity contribution is 6.04. The number of primary amides is 1. The normalized spacial score (nSPS) is 10.4. The molecule has 1 aromatic heterocycles. The minimum Gasteiger partial charge on any atom is -0.366 e. The van der Waals surface area contributed by atoms with E-state index in [4.69, 9.17) is 5.73 Å². The van der Waals surface area contributed by atoms with Crippen molar-refractivity contribution in [1.29, 1.82) is 0 Å². The first-order valence-corrected chi connectivity index (χ1v) is 4.02. The lowest BCUT2D eigenvalue weighted by Gasteiger charge is -2.01. The first-order valence-electron chi connectivity index (χ1n) is 4.02. The van der Waals surface area contributed by atoms with Gasteiger partial charge in [-0.3, -0.25) is 9.78 Å². The summed E-state index contributed by atoms with van der Waals surface area (Å²) < 4.78 is 12.8. The molecule has 0 aliphatic heterocycles. The highest BCUT2D eigenvalue weighted by atomic mass is 19.1. The molecule has 0 aliphatic rings. The summed E-state index contributed by atoms with van der Waals surface area (Å²) in [6.45, 7) is 0. The Morgan fingerprint density at radius 1 is 1.43 bits per heavy atom. The number of benzene rings is 1. The van der Waals surface area contributed by atoms with Gasteiger partial charge >= 0.3 is 0 Å². The van der Waals surface area contributed by atoms with E-state index in [1.54, 1.807) is 18.2 Å². The first kappa shape index (κ1) is 8.62. The third-order valence-corrected chi connectivity index (χ3v) is 1.94. The van der Waals surface area contributed by atoms with E-state index >= 15 is 0 Å². The van der Waals surface area contributed by atoms with Gasteiger partial charge < -0.3 is 5.73 Å². The van der Waals surface area contributed by atoms with Gasteiger partial charge in [-0.1, -0.05) is 12.1 Å². The maximum atomic E-state index is 12.8. The number of hydrogen-bond acceptors (Lipinski definition) is 2. The van der Waals surface area contributed by atoms with Crippen LogP contribution in [0.5, 0.6) is 0 Å². The van der Waals surface area contributed by atoms with Crippen LogP contribution in [0.4, 0.5) is 4.39 Å². The number of rotatable bonds is 1. The number of halogens is 1. The summed E-state index contributed by atoms with van der Waals surface area (Å²) in [6.07, 6.45) is 1.06. The lowest BCUT2D eigenvalue weighted by Crippen LogP contribution is -2.11. The Labute approximate surface area is 79.4 Å². The van der Waals surface area contributed by atoms with E-state index in [9.17, 15) is 9.18 Å². The largest absolute Gasteiger partial charge is 0.366 e. The average molecular weight is 190 g/mol. The molecule has 0 bridgehead atoms. The number of para-hydroxylation sites is 1. The summed E-state index contributed by atoms with van der Waals surface area (Å²) in [6, 6.07) is 6.20. The fourth-order valence-electron chi connectivity index (χ4n) is 1.33. The van der Waals surface area contributed by atoms with Crippen molar-refractivity contribution in [3.05, 3.63) is 41.8 Å². The van der Waals surface area contributed by atoms with E-state index in [2.05, 4.69) is 4.98 Å². The first-order chi connectivity index (χ1) is 6.68. The van der Waals surface area contributed by atoms with E-state index in [0.29, 0.717) is 16.5 Å². The van der Waals surface area contributed by atoms with E-state index in [0.717, 1.165) is 6.20 Å². The van der Waals surface area contributed by atoms with Gasteiger partial charge in [-0.25, -0.2) is 4.39 Å². The fraction of sp³-hybridized carbons (Fsp3) is 0. The Hall–Kier alpha value is -1.97. The molecule has 0 unspecified atom stereocenters. The van der Waals surface area contributed by atoms with E-state index in [1.807, 2.05) is 0 Å². The van der Waals surface area contributed by atoms with Gasteiger partial charge in [0.25, 0.3) is 5.91 Å². The quantitative estimate of drug-likeness (QED) is 0.740. The van der Waals surface area contributed by atoms with E-state index in [1.165, 1.54) is 6.07 Å². The molecule has 1 amide bonds. The van der Waals surface area contributed by atoms with Crippen LogP contribution in [0.2, 0.25) is 0 Å². The SMILES string of the molecule is NC(=O)c1cccc2cc(F)cnc12. The van der Waals surface area contributed by atoms with Gasteiger partial charge in [0, 0.05) is 5.39 Å². The van der Waals surface area contributed by atoms with Gasteiger partial charge in [0.1, 0.15) is 5.82 Å². The van der Waals surface area contributed by atoms with Crippen molar-refractivity contribution in [2.45, 2.75) is 0 Å². The maximum absolute atomic E-state index is 12.8. The van der Waals surface area contributed by atoms with Crippen LogP contribution in [0.25, 0.3) is 10.9 Å². The number of carbonyl (C=O) groups excluding carboxylic acids is 1. The Morgan fingerprint density at radius 3 is 2.93 bits per heavy atom. The van der Waals surface area contributed by atoms with Crippen LogP contribution in [-0.4, -0.2) is 10.9 Å². The van der Waals surface area contributed by atoms with Gasteiger partial charge in [0.2, 0.25) is 0 Å². The molecule has 1 heterocycles. The van der Waals surface area contributed by atoms with Gasteiger partial charge in [-0.15, -0.1) is 0 Å². The highest BCUT2D eigenvalue weighted by Crippen LogP contribution is 2.16. The van der Waals surface area contributed by atoms with Crippen molar-refractivity contribution in [3.63, 3.8) is 0 Å². The molecule has 2 rings (SSSR count). The zero-order valence-corrected chi connectivity index (χ0v) is 7.20. The van der Waals surface area contributed by atoms with Gasteiger partial charge in [-0.2, -0.15) is 0 Å². The number of carbonyl (C=O) groups is 1. The van der Waals surface area contributed by atoms with Gasteiger partial charge in [0.05, 0.1) is 17.3 Å². The second kappa shape index (κ2) is 3.06. The molecule has 14 heavy (non-hydrogen) atoms. The molecular weight excluding hydrogens is 183 g/mol. The van der Waals surface area contributed by atoms with Gasteiger partial charge in [0.15, 0.2) is 0 Å². The molecule has 3 nitrogen and oxygen atoms in total. The molecule has 2 N–H and O–H groups in total. The van der Waals surface area contributed by atoms with Crippen LogP contribution >= 0.6 is 0 Å². The zero-order valence-electron chi connectivity index (χ0n) is 7.20. The Bertz CT molecular complexity index is 510. The van der Waals surface area contributed by atoms with Gasteiger partial charge in [-0.05, 0) is 12.1 Å². The lowest BCUT2D eigenvalue weighted by molar-refractivity contribution is 0.100. The number of nitrogens with zero attached hydrogens (tertiary/aromatic N) is 1. The predicted octanol–water partition coefficient (Wildman–Crippen LogP) is 1.47. The molecule has 0 saturated heterocycles. The number of hydrogen-bond donors (Lipinski definition) is 1. The number of fused-ring (bicyclic) bond motifs is 1. The molecule has 0 fully saturated rings. The van der Waals surface area contributed by atoms with E-state index in [-0.39, 0.29) is 0 Å². The third kappa shape index (κ3) is 1.31. The van der Waals surface area contributed by atoms with Crippen molar-refractivity contribution in [1.82, 2.24) is 4.98 Å². The topological polar surface area (TPSA) is 56.0 Å². The van der Waals surface area contributed by atoms with Crippen LogP contribution in [0.15, 0.2) is 30.5 Å². The Balaban J connectivity index is 2.81. The minimum absolute atomic E-state index is 0.308. The van der Waals surface area contributed by atoms with Crippen LogP contribution < -0.4 is 5.73 Å². The smallest absolute Gasteiger partial charge is 0.250 e.